The highest BCUT2D eigenvalue weighted by molar-refractivity contribution is 6.67. The highest BCUT2D eigenvalue weighted by atomic mass is 35.5. The fraction of sp³-hybridized carbons (Fsp3) is 0.312. The molecule has 1 aliphatic carbocycles. The van der Waals surface area contributed by atoms with Crippen LogP contribution in [0.3, 0.4) is 0 Å². The van der Waals surface area contributed by atoms with Crippen LogP contribution in [-0.4, -0.2) is 22.4 Å². The topological polar surface area (TPSA) is 84.7 Å². The zero-order valence-electron chi connectivity index (χ0n) is 12.4. The van der Waals surface area contributed by atoms with Gasteiger partial charge >= 0.3 is 0 Å². The predicted molar refractivity (Wildman–Crippen MR) is 88.3 cm³/mol. The fourth-order valence-corrected chi connectivity index (χ4v) is 3.82. The molecule has 114 valence electrons. The lowest BCUT2D eigenvalue weighted by Crippen LogP contribution is -2.36. The molecular weight excluding hydrogens is 310 g/mol. The second-order valence-corrected chi connectivity index (χ2v) is 6.85. The Morgan fingerprint density at radius 1 is 1.48 bits per heavy atom. The first kappa shape index (κ1) is 14.3. The number of benzene rings is 1. The van der Waals surface area contributed by atoms with E-state index in [-0.39, 0.29) is 12.3 Å². The van der Waals surface area contributed by atoms with Crippen molar-refractivity contribution in [3.05, 3.63) is 40.5 Å². The van der Waals surface area contributed by atoms with Gasteiger partial charge in [0, 0.05) is 22.2 Å². The number of rotatable bonds is 2. The van der Waals surface area contributed by atoms with E-state index >= 15 is 0 Å². The zero-order chi connectivity index (χ0) is 16.2. The van der Waals surface area contributed by atoms with Gasteiger partial charge in [-0.15, -0.1) is 0 Å². The van der Waals surface area contributed by atoms with Gasteiger partial charge in [0.05, 0.1) is 11.1 Å². The van der Waals surface area contributed by atoms with Crippen molar-refractivity contribution in [1.29, 1.82) is 5.26 Å². The van der Waals surface area contributed by atoms with Crippen molar-refractivity contribution >= 4 is 24.2 Å². The highest BCUT2D eigenvalue weighted by Gasteiger charge is 2.53. The van der Waals surface area contributed by atoms with Gasteiger partial charge in [-0.2, -0.15) is 5.10 Å². The summed E-state index contributed by atoms with van der Waals surface area (Å²) in [4.78, 5) is 12.1. The average Bonchev–Trinajstić information content (AvgIpc) is 3.16. The summed E-state index contributed by atoms with van der Waals surface area (Å²) in [5.41, 5.74) is 8.11. The lowest BCUT2D eigenvalue weighted by Gasteiger charge is -2.26. The molecule has 2 aromatic rings. The Morgan fingerprint density at radius 2 is 2.26 bits per heavy atom. The van der Waals surface area contributed by atoms with Gasteiger partial charge in [-0.05, 0) is 37.6 Å². The van der Waals surface area contributed by atoms with Crippen LogP contribution >= 0.6 is 11.6 Å². The monoisotopic (exact) mass is 324 g/mol. The normalized spacial score (nSPS) is 17.7. The summed E-state index contributed by atoms with van der Waals surface area (Å²) >= 11 is 6.07. The van der Waals surface area contributed by atoms with Crippen molar-refractivity contribution in [3.63, 3.8) is 0 Å². The molecule has 0 atom stereocenters. The van der Waals surface area contributed by atoms with Crippen LogP contribution in [-0.2, 0) is 11.9 Å². The van der Waals surface area contributed by atoms with Gasteiger partial charge in [-0.25, -0.2) is 5.26 Å². The lowest BCUT2D eigenvalue weighted by molar-refractivity contribution is 0.1000. The highest BCUT2D eigenvalue weighted by Crippen LogP contribution is 2.52. The minimum absolute atomic E-state index is 0.0907. The number of aromatic nitrogens is 2. The van der Waals surface area contributed by atoms with Crippen LogP contribution < -0.4 is 5.73 Å². The molecule has 1 saturated carbocycles. The first-order valence-electron chi connectivity index (χ1n) is 7.62. The van der Waals surface area contributed by atoms with Crippen LogP contribution in [0.2, 0.25) is 11.3 Å². The Kier molecular flexibility index (Phi) is 3.04. The molecule has 1 fully saturated rings. The molecule has 2 N–H and O–H groups in total. The molecule has 1 amide bonds. The minimum atomic E-state index is -0.504. The molecule has 23 heavy (non-hydrogen) atoms. The smallest absolute Gasteiger partial charge is 0.276 e. The summed E-state index contributed by atoms with van der Waals surface area (Å²) < 4.78 is 1.96. The van der Waals surface area contributed by atoms with Gasteiger partial charge in [-0.3, -0.25) is 9.48 Å². The SMILES string of the molecule is N#CB1Cc2c(C(N)=O)c(-c3cccc(Cl)c3)nn2C2(CC2)C1. The van der Waals surface area contributed by atoms with Crippen LogP contribution in [0.25, 0.3) is 11.3 Å². The van der Waals surface area contributed by atoms with E-state index in [0.717, 1.165) is 30.4 Å². The predicted octanol–water partition coefficient (Wildman–Crippen LogP) is 2.44. The molecule has 2 aliphatic rings. The van der Waals surface area contributed by atoms with E-state index in [0.29, 0.717) is 22.6 Å². The lowest BCUT2D eigenvalue weighted by atomic mass is 9.42. The number of primary amides is 1. The third-order valence-corrected chi connectivity index (χ3v) is 5.09. The molecule has 7 heteroatoms. The molecule has 0 saturated heterocycles. The summed E-state index contributed by atoms with van der Waals surface area (Å²) in [5, 5.41) is 14.7. The molecule has 4 rings (SSSR count). The number of amides is 1. The standard InChI is InChI=1S/C16H14BClN4O/c18-11-3-1-2-10(6-11)14-13(15(20)23)12-7-17(9-19)8-16(4-5-16)22(12)21-14/h1-3,6H,4-5,7-8H2,(H2,20,23). The van der Waals surface area contributed by atoms with Crippen molar-refractivity contribution in [2.45, 2.75) is 31.0 Å². The van der Waals surface area contributed by atoms with Crippen LogP contribution in [0.15, 0.2) is 24.3 Å². The number of carbonyl (C=O) groups excluding carboxylic acids is 1. The number of hydrogen-bond acceptors (Lipinski definition) is 3. The van der Waals surface area contributed by atoms with Crippen LogP contribution in [0, 0.1) is 11.2 Å². The molecule has 2 heterocycles. The minimum Gasteiger partial charge on any atom is -0.365 e. The first-order chi connectivity index (χ1) is 11.0. The molecule has 1 aromatic heterocycles. The number of nitriles is 1. The Labute approximate surface area is 139 Å². The second-order valence-electron chi connectivity index (χ2n) is 6.42. The largest absolute Gasteiger partial charge is 0.365 e. The third kappa shape index (κ3) is 2.15. The van der Waals surface area contributed by atoms with E-state index in [1.807, 2.05) is 16.8 Å². The maximum atomic E-state index is 12.1. The van der Waals surface area contributed by atoms with E-state index in [9.17, 15) is 10.1 Å². The number of halogens is 1. The fourth-order valence-electron chi connectivity index (χ4n) is 3.63. The van der Waals surface area contributed by atoms with Crippen molar-refractivity contribution < 1.29 is 4.79 Å². The van der Waals surface area contributed by atoms with Crippen molar-refractivity contribution in [3.8, 4) is 17.2 Å². The van der Waals surface area contributed by atoms with Gasteiger partial charge < -0.3 is 5.73 Å². The van der Waals surface area contributed by atoms with Crippen LogP contribution in [0.1, 0.15) is 28.9 Å². The van der Waals surface area contributed by atoms with E-state index in [1.54, 1.807) is 12.1 Å². The number of hydrogen-bond donors (Lipinski definition) is 1. The number of nitrogens with two attached hydrogens (primary N) is 1. The van der Waals surface area contributed by atoms with Crippen LogP contribution in [0.4, 0.5) is 0 Å². The Bertz CT molecular complexity index is 865. The quantitative estimate of drug-likeness (QED) is 0.861. The number of fused-ring (bicyclic) bond motifs is 2. The van der Waals surface area contributed by atoms with E-state index < -0.39 is 5.91 Å². The molecule has 5 nitrogen and oxygen atoms in total. The molecule has 1 aromatic carbocycles. The molecule has 0 bridgehead atoms. The maximum Gasteiger partial charge on any atom is 0.276 e. The Balaban J connectivity index is 1.94. The summed E-state index contributed by atoms with van der Waals surface area (Å²) in [7, 11) is 0. The van der Waals surface area contributed by atoms with Crippen LogP contribution in [0.5, 0.6) is 0 Å². The van der Waals surface area contributed by atoms with Gasteiger partial charge in [0.2, 0.25) is 0 Å². The van der Waals surface area contributed by atoms with Gasteiger partial charge in [-0.1, -0.05) is 23.7 Å². The zero-order valence-corrected chi connectivity index (χ0v) is 13.2. The summed E-state index contributed by atoms with van der Waals surface area (Å²) in [5.74, 6) is 1.85. The van der Waals surface area contributed by atoms with Gasteiger partial charge in [0.25, 0.3) is 12.6 Å². The number of nitrogens with zero attached hydrogens (tertiary/aromatic N) is 3. The van der Waals surface area contributed by atoms with E-state index in [4.69, 9.17) is 22.4 Å². The van der Waals surface area contributed by atoms with Crippen molar-refractivity contribution in [2.24, 2.45) is 5.73 Å². The summed E-state index contributed by atoms with van der Waals surface area (Å²) in [6.45, 7) is -0.0907. The summed E-state index contributed by atoms with van der Waals surface area (Å²) in [6.07, 6.45) is 3.30. The molecule has 0 unspecified atom stereocenters. The van der Waals surface area contributed by atoms with E-state index in [2.05, 4.69) is 5.97 Å². The third-order valence-electron chi connectivity index (χ3n) is 4.85. The molecule has 0 radical (unpaired) electrons. The Hall–Kier alpha value is -2.26. The van der Waals surface area contributed by atoms with Gasteiger partial charge in [0.1, 0.15) is 5.69 Å². The molecule has 1 aliphatic heterocycles. The van der Waals surface area contributed by atoms with Crippen molar-refractivity contribution in [1.82, 2.24) is 9.78 Å². The first-order valence-corrected chi connectivity index (χ1v) is 7.99. The maximum absolute atomic E-state index is 12.1. The average molecular weight is 325 g/mol. The van der Waals surface area contributed by atoms with Gasteiger partial charge in [0.15, 0.2) is 0 Å². The molecule has 1 spiro atoms. The molecular formula is C16H14BClN4O. The summed E-state index contributed by atoms with van der Waals surface area (Å²) in [6, 6.07) is 7.25. The van der Waals surface area contributed by atoms with Crippen molar-refractivity contribution in [2.75, 3.05) is 0 Å². The second kappa shape index (κ2) is 4.87. The van der Waals surface area contributed by atoms with E-state index in [1.165, 1.54) is 0 Å². The number of carbonyl (C=O) groups is 1. The Morgan fingerprint density at radius 3 is 2.87 bits per heavy atom.